The van der Waals surface area contributed by atoms with Crippen LogP contribution >= 0.6 is 0 Å². The van der Waals surface area contributed by atoms with Gasteiger partial charge in [0.1, 0.15) is 5.78 Å². The van der Waals surface area contributed by atoms with Crippen LogP contribution in [0.1, 0.15) is 67.1 Å². The number of rotatable bonds is 10. The summed E-state index contributed by atoms with van der Waals surface area (Å²) in [5.74, 6) is 0.410. The van der Waals surface area contributed by atoms with Crippen LogP contribution in [0.4, 0.5) is 0 Å². The summed E-state index contributed by atoms with van der Waals surface area (Å²) in [6.45, 7) is 7.49. The molecule has 92 valence electrons. The molecule has 1 atom stereocenters. The van der Waals surface area contributed by atoms with Gasteiger partial charge in [0.15, 0.2) is 0 Å². The molecule has 15 heavy (non-hydrogen) atoms. The Morgan fingerprint density at radius 3 is 2.47 bits per heavy atom. The van der Waals surface area contributed by atoms with E-state index in [9.17, 15) is 4.79 Å². The molecule has 0 aliphatic rings. The topological polar surface area (TPSA) is 29.1 Å². The van der Waals surface area contributed by atoms with E-state index in [1.54, 1.807) is 0 Å². The third-order valence-electron chi connectivity index (χ3n) is 2.88. The van der Waals surface area contributed by atoms with Gasteiger partial charge in [-0.25, -0.2) is 0 Å². The van der Waals surface area contributed by atoms with Crippen molar-refractivity contribution in [2.24, 2.45) is 0 Å². The minimum Gasteiger partial charge on any atom is -0.314 e. The summed E-state index contributed by atoms with van der Waals surface area (Å²) in [6.07, 6.45) is 7.46. The van der Waals surface area contributed by atoms with Crippen molar-refractivity contribution in [3.63, 3.8) is 0 Å². The van der Waals surface area contributed by atoms with Gasteiger partial charge in [-0.05, 0) is 32.7 Å². The Hall–Kier alpha value is -0.370. The SMILES string of the molecule is CCC(=O)CCCCCCNC(C)CC.[HH]. The molecule has 1 unspecified atom stereocenters. The highest BCUT2D eigenvalue weighted by molar-refractivity contribution is 5.77. The van der Waals surface area contributed by atoms with E-state index in [1.807, 2.05) is 6.92 Å². The highest BCUT2D eigenvalue weighted by atomic mass is 16.1. The molecule has 1 N–H and O–H groups in total. The third kappa shape index (κ3) is 9.92. The van der Waals surface area contributed by atoms with E-state index < -0.39 is 0 Å². The van der Waals surface area contributed by atoms with Crippen LogP contribution in [0.15, 0.2) is 0 Å². The molecule has 0 saturated heterocycles. The summed E-state index contributed by atoms with van der Waals surface area (Å²) in [4.78, 5) is 11.0. The number of nitrogens with one attached hydrogen (secondary N) is 1. The molecule has 0 saturated carbocycles. The van der Waals surface area contributed by atoms with Gasteiger partial charge in [-0.2, -0.15) is 0 Å². The molecule has 0 aromatic rings. The molecular weight excluding hydrogens is 186 g/mol. The van der Waals surface area contributed by atoms with Crippen molar-refractivity contribution in [1.82, 2.24) is 5.32 Å². The molecule has 0 heterocycles. The van der Waals surface area contributed by atoms with E-state index >= 15 is 0 Å². The van der Waals surface area contributed by atoms with Crippen LogP contribution < -0.4 is 5.32 Å². The van der Waals surface area contributed by atoms with Gasteiger partial charge in [0.05, 0.1) is 0 Å². The summed E-state index contributed by atoms with van der Waals surface area (Å²) in [7, 11) is 0. The van der Waals surface area contributed by atoms with Gasteiger partial charge in [-0.3, -0.25) is 4.79 Å². The van der Waals surface area contributed by atoms with Gasteiger partial charge >= 0.3 is 0 Å². The number of ketones is 1. The lowest BCUT2D eigenvalue weighted by Crippen LogP contribution is -2.25. The summed E-state index contributed by atoms with van der Waals surface area (Å²) in [5.41, 5.74) is 0. The molecule has 2 heteroatoms. The Kier molecular flexibility index (Phi) is 9.91. The number of carbonyl (C=O) groups excluding carboxylic acids is 1. The number of carbonyl (C=O) groups is 1. The van der Waals surface area contributed by atoms with Gasteiger partial charge in [0.2, 0.25) is 0 Å². The van der Waals surface area contributed by atoms with Gasteiger partial charge in [-0.15, -0.1) is 0 Å². The maximum atomic E-state index is 11.0. The zero-order valence-electron chi connectivity index (χ0n) is 10.6. The smallest absolute Gasteiger partial charge is 0.132 e. The van der Waals surface area contributed by atoms with Crippen LogP contribution in [0, 0.1) is 0 Å². The van der Waals surface area contributed by atoms with E-state index in [4.69, 9.17) is 0 Å². The maximum Gasteiger partial charge on any atom is 0.132 e. The fraction of sp³-hybridized carbons (Fsp3) is 0.923. The van der Waals surface area contributed by atoms with Crippen molar-refractivity contribution >= 4 is 5.78 Å². The van der Waals surface area contributed by atoms with Gasteiger partial charge in [-0.1, -0.05) is 26.7 Å². The fourth-order valence-electron chi connectivity index (χ4n) is 1.47. The van der Waals surface area contributed by atoms with Crippen molar-refractivity contribution < 1.29 is 6.22 Å². The van der Waals surface area contributed by atoms with E-state index in [1.165, 1.54) is 25.7 Å². The first-order valence-corrected chi connectivity index (χ1v) is 6.45. The second-order valence-corrected chi connectivity index (χ2v) is 4.32. The first-order valence-electron chi connectivity index (χ1n) is 6.45. The molecule has 0 aromatic heterocycles. The lowest BCUT2D eigenvalue weighted by atomic mass is 10.1. The second-order valence-electron chi connectivity index (χ2n) is 4.32. The Morgan fingerprint density at radius 2 is 1.87 bits per heavy atom. The Morgan fingerprint density at radius 1 is 1.20 bits per heavy atom. The minimum atomic E-state index is 0. The lowest BCUT2D eigenvalue weighted by Gasteiger charge is -2.10. The van der Waals surface area contributed by atoms with Crippen molar-refractivity contribution in [2.75, 3.05) is 6.54 Å². The maximum absolute atomic E-state index is 11.0. The molecule has 0 aromatic carbocycles. The fourth-order valence-corrected chi connectivity index (χ4v) is 1.47. The van der Waals surface area contributed by atoms with E-state index in [-0.39, 0.29) is 1.43 Å². The van der Waals surface area contributed by atoms with Gasteiger partial charge < -0.3 is 5.32 Å². The van der Waals surface area contributed by atoms with Gasteiger partial charge in [0, 0.05) is 20.3 Å². The predicted octanol–water partition coefficient (Wildman–Crippen LogP) is 3.55. The normalized spacial score (nSPS) is 12.7. The van der Waals surface area contributed by atoms with Crippen molar-refractivity contribution in [1.29, 1.82) is 0 Å². The molecule has 0 bridgehead atoms. The third-order valence-corrected chi connectivity index (χ3v) is 2.88. The van der Waals surface area contributed by atoms with Gasteiger partial charge in [0.25, 0.3) is 0 Å². The van der Waals surface area contributed by atoms with Crippen molar-refractivity contribution in [3.05, 3.63) is 0 Å². The molecule has 0 fully saturated rings. The molecule has 2 nitrogen and oxygen atoms in total. The molecule has 0 radical (unpaired) electrons. The average Bonchev–Trinajstić information content (AvgIpc) is 2.26. The monoisotopic (exact) mass is 215 g/mol. The number of unbranched alkanes of at least 4 members (excludes halogenated alkanes) is 3. The summed E-state index contributed by atoms with van der Waals surface area (Å²) in [6, 6.07) is 0.645. The lowest BCUT2D eigenvalue weighted by molar-refractivity contribution is -0.118. The zero-order valence-corrected chi connectivity index (χ0v) is 10.6. The van der Waals surface area contributed by atoms with Crippen molar-refractivity contribution in [3.8, 4) is 0 Å². The van der Waals surface area contributed by atoms with Crippen LogP contribution in [0.3, 0.4) is 0 Å². The summed E-state index contributed by atoms with van der Waals surface area (Å²) < 4.78 is 0. The second kappa shape index (κ2) is 10.2. The highest BCUT2D eigenvalue weighted by Gasteiger charge is 1.98. The van der Waals surface area contributed by atoms with Crippen molar-refractivity contribution in [2.45, 2.75) is 71.8 Å². The summed E-state index contributed by atoms with van der Waals surface area (Å²) >= 11 is 0. The molecule has 0 aliphatic heterocycles. The number of hydrogen-bond acceptors (Lipinski definition) is 2. The first-order chi connectivity index (χ1) is 7.20. The first kappa shape index (κ1) is 14.6. The predicted molar refractivity (Wildman–Crippen MR) is 68.3 cm³/mol. The minimum absolute atomic E-state index is 0. The highest BCUT2D eigenvalue weighted by Crippen LogP contribution is 2.04. The zero-order chi connectivity index (χ0) is 11.5. The number of hydrogen-bond donors (Lipinski definition) is 1. The molecule has 0 aliphatic carbocycles. The molecule has 0 amide bonds. The van der Waals surface area contributed by atoms with Crippen LogP contribution in [0.5, 0.6) is 0 Å². The Bertz CT molecular complexity index is 162. The summed E-state index contributed by atoms with van der Waals surface area (Å²) in [5, 5.41) is 3.48. The number of Topliss-reactive ketones (excluding diaryl/α,β-unsaturated/α-hetero) is 1. The Balaban J connectivity index is 0. The Labute approximate surface area is 96.3 Å². The van der Waals surface area contributed by atoms with E-state index in [0.717, 1.165) is 19.4 Å². The van der Waals surface area contributed by atoms with E-state index in [2.05, 4.69) is 19.2 Å². The quantitative estimate of drug-likeness (QED) is 0.565. The standard InChI is InChI=1S/C13H27NO.H2/c1-4-12(3)14-11-9-7-6-8-10-13(15)5-2;/h12,14H,4-11H2,1-3H3;1H. The molecular formula is C13H29NO. The van der Waals surface area contributed by atoms with Crippen LogP contribution in [-0.2, 0) is 4.79 Å². The van der Waals surface area contributed by atoms with Crippen LogP contribution in [0.25, 0.3) is 0 Å². The average molecular weight is 215 g/mol. The van der Waals surface area contributed by atoms with Crippen LogP contribution in [-0.4, -0.2) is 18.4 Å². The molecule has 0 rings (SSSR count). The van der Waals surface area contributed by atoms with E-state index in [0.29, 0.717) is 18.2 Å². The molecule has 0 spiro atoms. The van der Waals surface area contributed by atoms with Crippen LogP contribution in [0.2, 0.25) is 0 Å². The largest absolute Gasteiger partial charge is 0.314 e.